The van der Waals surface area contributed by atoms with E-state index in [2.05, 4.69) is 4.98 Å². The van der Waals surface area contributed by atoms with Crippen LogP contribution in [-0.4, -0.2) is 28.4 Å². The van der Waals surface area contributed by atoms with Crippen molar-refractivity contribution in [1.82, 2.24) is 9.88 Å². The van der Waals surface area contributed by atoms with E-state index in [4.69, 9.17) is 11.6 Å². The normalized spacial score (nSPS) is 25.4. The third kappa shape index (κ3) is 1.54. The van der Waals surface area contributed by atoms with Gasteiger partial charge in [0, 0.05) is 23.5 Å². The van der Waals surface area contributed by atoms with Crippen LogP contribution >= 0.6 is 11.6 Å². The highest BCUT2D eigenvalue weighted by Crippen LogP contribution is 2.40. The number of carbonyl (C=O) groups is 1. The number of hydrogen-bond donors (Lipinski definition) is 1. The molecule has 1 aromatic carbocycles. The van der Waals surface area contributed by atoms with Crippen LogP contribution in [0.4, 0.5) is 0 Å². The zero-order valence-corrected chi connectivity index (χ0v) is 11.3. The van der Waals surface area contributed by atoms with Crippen molar-refractivity contribution in [3.05, 3.63) is 35.0 Å². The molecule has 4 rings (SSSR count). The summed E-state index contributed by atoms with van der Waals surface area (Å²) in [7, 11) is 0. The second-order valence-corrected chi connectivity index (χ2v) is 5.95. The number of H-pyrrole nitrogens is 1. The van der Waals surface area contributed by atoms with Crippen molar-refractivity contribution < 1.29 is 4.79 Å². The van der Waals surface area contributed by atoms with Crippen LogP contribution in [0.2, 0.25) is 5.02 Å². The molecule has 98 valence electrons. The number of fused-ring (bicyclic) bond motifs is 2. The van der Waals surface area contributed by atoms with Gasteiger partial charge < -0.3 is 9.88 Å². The lowest BCUT2D eigenvalue weighted by atomic mass is 9.91. The predicted octanol–water partition coefficient (Wildman–Crippen LogP) is 3.45. The third-order valence-corrected chi connectivity index (χ3v) is 4.96. The Morgan fingerprint density at radius 2 is 2.16 bits per heavy atom. The van der Waals surface area contributed by atoms with E-state index in [0.717, 1.165) is 29.8 Å². The summed E-state index contributed by atoms with van der Waals surface area (Å²) in [4.78, 5) is 17.7. The maximum absolute atomic E-state index is 12.6. The van der Waals surface area contributed by atoms with Crippen LogP contribution in [-0.2, 0) is 0 Å². The van der Waals surface area contributed by atoms with Gasteiger partial charge >= 0.3 is 0 Å². The minimum atomic E-state index is 0.0596. The molecule has 1 saturated heterocycles. The number of benzene rings is 1. The van der Waals surface area contributed by atoms with Gasteiger partial charge in [-0.2, -0.15) is 0 Å². The van der Waals surface area contributed by atoms with Gasteiger partial charge in [-0.1, -0.05) is 36.2 Å². The second kappa shape index (κ2) is 4.01. The van der Waals surface area contributed by atoms with Gasteiger partial charge in [0.15, 0.2) is 0 Å². The maximum Gasteiger partial charge on any atom is 0.272 e. The van der Waals surface area contributed by atoms with E-state index in [0.29, 0.717) is 16.8 Å². The summed E-state index contributed by atoms with van der Waals surface area (Å²) >= 11 is 6.34. The molecule has 1 amide bonds. The average Bonchev–Trinajstić information content (AvgIpc) is 2.92. The fourth-order valence-corrected chi connectivity index (χ4v) is 3.82. The lowest BCUT2D eigenvalue weighted by Gasteiger charge is -2.44. The highest BCUT2D eigenvalue weighted by Gasteiger charge is 2.45. The number of rotatable bonds is 1. The van der Waals surface area contributed by atoms with Gasteiger partial charge in [-0.15, -0.1) is 0 Å². The molecule has 2 aliphatic rings. The number of hydrogen-bond acceptors (Lipinski definition) is 1. The van der Waals surface area contributed by atoms with Gasteiger partial charge in [0.05, 0.1) is 5.02 Å². The van der Waals surface area contributed by atoms with E-state index in [1.54, 1.807) is 0 Å². The topological polar surface area (TPSA) is 36.1 Å². The Bertz CT molecular complexity index is 663. The van der Waals surface area contributed by atoms with E-state index < -0.39 is 0 Å². The van der Waals surface area contributed by atoms with E-state index >= 15 is 0 Å². The number of nitrogens with zero attached hydrogens (tertiary/aromatic N) is 1. The van der Waals surface area contributed by atoms with E-state index in [1.807, 2.05) is 29.2 Å². The molecule has 0 spiro atoms. The lowest BCUT2D eigenvalue weighted by molar-refractivity contribution is 0.0265. The zero-order chi connectivity index (χ0) is 13.0. The molecular formula is C15H15ClN2O. The fourth-order valence-electron chi connectivity index (χ4n) is 3.52. The number of likely N-dealkylation sites (tertiary alicyclic amines) is 1. The molecule has 1 aliphatic heterocycles. The van der Waals surface area contributed by atoms with E-state index in [1.165, 1.54) is 12.8 Å². The Labute approximate surface area is 116 Å². The number of para-hydroxylation sites is 1. The Balaban J connectivity index is 1.70. The van der Waals surface area contributed by atoms with Crippen LogP contribution in [0.1, 0.15) is 29.8 Å². The molecule has 1 aliphatic carbocycles. The Hall–Kier alpha value is -1.48. The monoisotopic (exact) mass is 274 g/mol. The van der Waals surface area contributed by atoms with E-state index in [9.17, 15) is 4.79 Å². The minimum Gasteiger partial charge on any atom is -0.349 e. The molecule has 0 bridgehead atoms. The SMILES string of the molecule is O=C(c1[nH]c2ccccc2c1Cl)N1C[C@@H]2CCC[C@@H]21. The van der Waals surface area contributed by atoms with Gasteiger partial charge in [-0.25, -0.2) is 0 Å². The molecule has 0 radical (unpaired) electrons. The first-order chi connectivity index (χ1) is 9.25. The van der Waals surface area contributed by atoms with Crippen LogP contribution < -0.4 is 0 Å². The number of aromatic nitrogens is 1. The quantitative estimate of drug-likeness (QED) is 0.849. The molecule has 1 aromatic heterocycles. The molecule has 2 fully saturated rings. The molecule has 4 heteroatoms. The Kier molecular flexibility index (Phi) is 2.39. The first-order valence-electron chi connectivity index (χ1n) is 6.83. The number of amides is 1. The van der Waals surface area contributed by atoms with Crippen molar-refractivity contribution in [3.8, 4) is 0 Å². The standard InChI is InChI=1S/C15H15ClN2O/c16-13-10-5-1-2-6-11(10)17-14(13)15(19)18-8-9-4-3-7-12(9)18/h1-2,5-6,9,12,17H,3-4,7-8H2/t9-,12-/m0/s1. The van der Waals surface area contributed by atoms with Crippen molar-refractivity contribution in [2.45, 2.75) is 25.3 Å². The first-order valence-corrected chi connectivity index (χ1v) is 7.20. The molecule has 2 heterocycles. The van der Waals surface area contributed by atoms with Gasteiger partial charge in [0.1, 0.15) is 5.69 Å². The van der Waals surface area contributed by atoms with Crippen LogP contribution in [0.5, 0.6) is 0 Å². The molecular weight excluding hydrogens is 260 g/mol. The fraction of sp³-hybridized carbons (Fsp3) is 0.400. The molecule has 2 aromatic rings. The summed E-state index contributed by atoms with van der Waals surface area (Å²) in [6.45, 7) is 0.898. The Morgan fingerprint density at radius 1 is 1.32 bits per heavy atom. The summed E-state index contributed by atoms with van der Waals surface area (Å²) in [5.74, 6) is 0.788. The van der Waals surface area contributed by atoms with Crippen LogP contribution in [0.25, 0.3) is 10.9 Å². The van der Waals surface area contributed by atoms with Crippen molar-refractivity contribution in [2.24, 2.45) is 5.92 Å². The molecule has 19 heavy (non-hydrogen) atoms. The zero-order valence-electron chi connectivity index (χ0n) is 10.5. The van der Waals surface area contributed by atoms with Crippen LogP contribution in [0.15, 0.2) is 24.3 Å². The van der Waals surface area contributed by atoms with Gasteiger partial charge in [-0.3, -0.25) is 4.79 Å². The Morgan fingerprint density at radius 3 is 2.95 bits per heavy atom. The number of carbonyl (C=O) groups excluding carboxylic acids is 1. The molecule has 0 unspecified atom stereocenters. The minimum absolute atomic E-state index is 0.0596. The second-order valence-electron chi connectivity index (χ2n) is 5.58. The van der Waals surface area contributed by atoms with E-state index in [-0.39, 0.29) is 5.91 Å². The van der Waals surface area contributed by atoms with Crippen molar-refractivity contribution >= 4 is 28.4 Å². The summed E-state index contributed by atoms with van der Waals surface area (Å²) in [5.41, 5.74) is 1.48. The number of aromatic amines is 1. The third-order valence-electron chi connectivity index (χ3n) is 4.57. The molecule has 3 nitrogen and oxygen atoms in total. The first kappa shape index (κ1) is 11.4. The van der Waals surface area contributed by atoms with Crippen LogP contribution in [0.3, 0.4) is 0 Å². The molecule has 1 N–H and O–H groups in total. The van der Waals surface area contributed by atoms with Gasteiger partial charge in [-0.05, 0) is 24.8 Å². The summed E-state index contributed by atoms with van der Waals surface area (Å²) in [5, 5.41) is 1.48. The summed E-state index contributed by atoms with van der Waals surface area (Å²) in [6.07, 6.45) is 3.67. The predicted molar refractivity (Wildman–Crippen MR) is 75.5 cm³/mol. The highest BCUT2D eigenvalue weighted by atomic mass is 35.5. The van der Waals surface area contributed by atoms with Crippen LogP contribution in [0, 0.1) is 5.92 Å². The summed E-state index contributed by atoms with van der Waals surface area (Å²) < 4.78 is 0. The molecule has 2 atom stereocenters. The van der Waals surface area contributed by atoms with Gasteiger partial charge in [0.25, 0.3) is 5.91 Å². The van der Waals surface area contributed by atoms with Gasteiger partial charge in [0.2, 0.25) is 0 Å². The highest BCUT2D eigenvalue weighted by molar-refractivity contribution is 6.38. The maximum atomic E-state index is 12.6. The van der Waals surface area contributed by atoms with Crippen molar-refractivity contribution in [2.75, 3.05) is 6.54 Å². The molecule has 1 saturated carbocycles. The largest absolute Gasteiger partial charge is 0.349 e. The summed E-state index contributed by atoms with van der Waals surface area (Å²) in [6, 6.07) is 8.23. The smallest absolute Gasteiger partial charge is 0.272 e. The van der Waals surface area contributed by atoms with Crippen molar-refractivity contribution in [3.63, 3.8) is 0 Å². The van der Waals surface area contributed by atoms with Crippen molar-refractivity contribution in [1.29, 1.82) is 0 Å². The number of halogens is 1. The lowest BCUT2D eigenvalue weighted by Crippen LogP contribution is -2.56. The number of nitrogens with one attached hydrogen (secondary N) is 1. The average molecular weight is 275 g/mol.